The smallest absolute Gasteiger partial charge is 0.158 e. The summed E-state index contributed by atoms with van der Waals surface area (Å²) in [6.07, 6.45) is 13.8. The molecule has 0 aromatic heterocycles. The summed E-state index contributed by atoms with van der Waals surface area (Å²) in [6, 6.07) is 11.6. The average molecular weight is 455 g/mol. The van der Waals surface area contributed by atoms with Gasteiger partial charge in [0.1, 0.15) is 23.7 Å². The van der Waals surface area contributed by atoms with Crippen LogP contribution >= 0.6 is 0 Å². The van der Waals surface area contributed by atoms with Crippen LogP contribution in [0.4, 0.5) is 8.78 Å². The van der Waals surface area contributed by atoms with Crippen molar-refractivity contribution >= 4 is 23.9 Å². The van der Waals surface area contributed by atoms with E-state index in [0.717, 1.165) is 62.5 Å². The van der Waals surface area contributed by atoms with Gasteiger partial charge < -0.3 is 0 Å². The Morgan fingerprint density at radius 2 is 1.03 bits per heavy atom. The third-order valence-electron chi connectivity index (χ3n) is 5.59. The van der Waals surface area contributed by atoms with Crippen LogP contribution in [0.5, 0.6) is 0 Å². The van der Waals surface area contributed by atoms with Crippen LogP contribution in [0.25, 0.3) is 6.08 Å². The quantitative estimate of drug-likeness (QED) is 0.272. The van der Waals surface area contributed by atoms with Crippen LogP contribution in [-0.2, 0) is 9.59 Å². The molecule has 2 aromatic carbocycles. The van der Waals surface area contributed by atoms with Crippen molar-refractivity contribution < 1.29 is 23.2 Å². The van der Waals surface area contributed by atoms with Crippen LogP contribution in [0.3, 0.4) is 0 Å². The Labute approximate surface area is 194 Å². The lowest BCUT2D eigenvalue weighted by molar-refractivity contribution is -0.119. The van der Waals surface area contributed by atoms with Crippen LogP contribution in [0.2, 0.25) is 0 Å². The molecule has 33 heavy (non-hydrogen) atoms. The molecular weight excluding hydrogens is 422 g/mol. The molecule has 0 spiro atoms. The molecule has 5 heteroatoms. The number of hydrogen-bond donors (Lipinski definition) is 0. The van der Waals surface area contributed by atoms with Crippen molar-refractivity contribution in [2.45, 2.75) is 70.6 Å². The van der Waals surface area contributed by atoms with E-state index >= 15 is 0 Å². The molecule has 2 saturated carbocycles. The molecule has 0 amide bonds. The predicted octanol–water partition coefficient (Wildman–Crippen LogP) is 7.29. The van der Waals surface area contributed by atoms with Crippen molar-refractivity contribution in [1.29, 1.82) is 0 Å². The van der Waals surface area contributed by atoms with Crippen LogP contribution in [-0.4, -0.2) is 17.9 Å². The third kappa shape index (κ3) is 11.0. The van der Waals surface area contributed by atoms with Crippen molar-refractivity contribution in [2.24, 2.45) is 0 Å². The highest BCUT2D eigenvalue weighted by atomic mass is 19.1. The number of allylic oxidation sites excluding steroid dienone is 1. The summed E-state index contributed by atoms with van der Waals surface area (Å²) in [7, 11) is 0. The Bertz CT molecular complexity index is 905. The maximum atomic E-state index is 12.7. The van der Waals surface area contributed by atoms with Crippen LogP contribution < -0.4 is 0 Å². The lowest BCUT2D eigenvalue weighted by atomic mass is 10.0. The first kappa shape index (κ1) is 26.3. The fourth-order valence-corrected chi connectivity index (χ4v) is 3.65. The molecule has 3 nitrogen and oxygen atoms in total. The largest absolute Gasteiger partial charge is 0.300 e. The number of ketones is 2. The zero-order chi connectivity index (χ0) is 23.9. The van der Waals surface area contributed by atoms with E-state index in [1.807, 2.05) is 6.08 Å². The van der Waals surface area contributed by atoms with Gasteiger partial charge in [-0.15, -0.1) is 0 Å². The molecule has 0 bridgehead atoms. The summed E-state index contributed by atoms with van der Waals surface area (Å²) in [5, 5.41) is 0. The summed E-state index contributed by atoms with van der Waals surface area (Å²) < 4.78 is 24.8. The summed E-state index contributed by atoms with van der Waals surface area (Å²) in [5.41, 5.74) is 2.30. The standard InChI is InChI=1S/C14H15FO.C7H5FO.C7H12O/c15-13-8-6-11(7-9-13)10-12-4-2-1-3-5-14(12)16;8-7-3-1-6(5-9)2-4-7;8-7-5-3-1-2-4-6-7/h6-10H,1-5H2;1-5H;1-6H2/b12-10+;;. The number of halogens is 2. The second-order valence-corrected chi connectivity index (χ2v) is 8.33. The number of Topliss-reactive ketones (excluding diaryl/α,β-unsaturated/α-hetero) is 2. The topological polar surface area (TPSA) is 51.2 Å². The molecule has 0 N–H and O–H groups in total. The maximum absolute atomic E-state index is 12.7. The minimum atomic E-state index is -0.319. The van der Waals surface area contributed by atoms with Crippen LogP contribution in [0, 0.1) is 11.6 Å². The Balaban J connectivity index is 0.000000192. The third-order valence-corrected chi connectivity index (χ3v) is 5.59. The van der Waals surface area contributed by atoms with Crippen LogP contribution in [0.1, 0.15) is 86.6 Å². The molecular formula is C28H32F2O3. The number of benzene rings is 2. The fraction of sp³-hybridized carbons (Fsp3) is 0.393. The van der Waals surface area contributed by atoms with Gasteiger partial charge in [-0.25, -0.2) is 8.78 Å². The normalized spacial score (nSPS) is 17.6. The number of aldehydes is 1. The van der Waals surface area contributed by atoms with E-state index < -0.39 is 0 Å². The van der Waals surface area contributed by atoms with Gasteiger partial charge in [-0.2, -0.15) is 0 Å². The van der Waals surface area contributed by atoms with E-state index in [1.54, 1.807) is 12.1 Å². The Morgan fingerprint density at radius 1 is 0.576 bits per heavy atom. The molecule has 0 aliphatic heterocycles. The van der Waals surface area contributed by atoms with Crippen molar-refractivity contribution in [3.8, 4) is 0 Å². The fourth-order valence-electron chi connectivity index (χ4n) is 3.65. The SMILES string of the molecule is O=C1CCCCC/C1=C\c1ccc(F)cc1.O=C1CCCCCC1.O=Cc1ccc(F)cc1. The van der Waals surface area contributed by atoms with E-state index in [2.05, 4.69) is 0 Å². The van der Waals surface area contributed by atoms with Gasteiger partial charge in [0.25, 0.3) is 0 Å². The lowest BCUT2D eigenvalue weighted by Gasteiger charge is -2.01. The average Bonchev–Trinajstić information content (AvgIpc) is 3.19. The summed E-state index contributed by atoms with van der Waals surface area (Å²) in [6.45, 7) is 0. The molecule has 0 saturated heterocycles. The molecule has 0 unspecified atom stereocenters. The first-order valence-electron chi connectivity index (χ1n) is 11.7. The Morgan fingerprint density at radius 3 is 1.58 bits per heavy atom. The van der Waals surface area contributed by atoms with Crippen molar-refractivity contribution in [1.82, 2.24) is 0 Å². The second-order valence-electron chi connectivity index (χ2n) is 8.33. The minimum Gasteiger partial charge on any atom is -0.300 e. The highest BCUT2D eigenvalue weighted by Crippen LogP contribution is 2.21. The number of hydrogen-bond acceptors (Lipinski definition) is 3. The minimum absolute atomic E-state index is 0.241. The number of carbonyl (C=O) groups is 3. The molecule has 0 heterocycles. The summed E-state index contributed by atoms with van der Waals surface area (Å²) in [4.78, 5) is 32.4. The highest BCUT2D eigenvalue weighted by molar-refractivity contribution is 5.99. The Kier molecular flexibility index (Phi) is 11.9. The van der Waals surface area contributed by atoms with Crippen molar-refractivity contribution in [3.05, 3.63) is 76.9 Å². The number of rotatable bonds is 2. The molecule has 2 aliphatic rings. The molecule has 0 radical (unpaired) electrons. The van der Waals surface area contributed by atoms with Crippen molar-refractivity contribution in [3.63, 3.8) is 0 Å². The maximum Gasteiger partial charge on any atom is 0.158 e. The molecule has 2 aromatic rings. The molecule has 4 rings (SSSR count). The van der Waals surface area contributed by atoms with Gasteiger partial charge in [0.15, 0.2) is 5.78 Å². The first-order chi connectivity index (χ1) is 16.0. The zero-order valence-corrected chi connectivity index (χ0v) is 19.0. The van der Waals surface area contributed by atoms with Gasteiger partial charge in [-0.05, 0) is 85.7 Å². The number of carbonyl (C=O) groups excluding carboxylic acids is 3. The molecule has 0 atom stereocenters. The summed E-state index contributed by atoms with van der Waals surface area (Å²) in [5.74, 6) is 0.166. The monoisotopic (exact) mass is 454 g/mol. The first-order valence-corrected chi connectivity index (χ1v) is 11.7. The van der Waals surface area contributed by atoms with Crippen molar-refractivity contribution in [2.75, 3.05) is 0 Å². The Hall–Kier alpha value is -2.95. The lowest BCUT2D eigenvalue weighted by Crippen LogP contribution is -1.99. The van der Waals surface area contributed by atoms with Gasteiger partial charge >= 0.3 is 0 Å². The van der Waals surface area contributed by atoms with E-state index in [9.17, 15) is 23.2 Å². The van der Waals surface area contributed by atoms with Gasteiger partial charge in [-0.3, -0.25) is 14.4 Å². The molecule has 176 valence electrons. The predicted molar refractivity (Wildman–Crippen MR) is 127 cm³/mol. The van der Waals surface area contributed by atoms with E-state index in [1.165, 1.54) is 49.2 Å². The molecule has 2 fully saturated rings. The van der Waals surface area contributed by atoms with E-state index in [-0.39, 0.29) is 17.4 Å². The van der Waals surface area contributed by atoms with Gasteiger partial charge in [0, 0.05) is 24.8 Å². The van der Waals surface area contributed by atoms with E-state index in [0.29, 0.717) is 24.1 Å². The van der Waals surface area contributed by atoms with Gasteiger partial charge in [0.05, 0.1) is 0 Å². The highest BCUT2D eigenvalue weighted by Gasteiger charge is 2.13. The van der Waals surface area contributed by atoms with Gasteiger partial charge in [-0.1, -0.05) is 31.4 Å². The van der Waals surface area contributed by atoms with E-state index in [4.69, 9.17) is 0 Å². The summed E-state index contributed by atoms with van der Waals surface area (Å²) >= 11 is 0. The zero-order valence-electron chi connectivity index (χ0n) is 19.0. The van der Waals surface area contributed by atoms with Gasteiger partial charge in [0.2, 0.25) is 0 Å². The second kappa shape index (κ2) is 15.0. The molecule has 2 aliphatic carbocycles. The van der Waals surface area contributed by atoms with Crippen LogP contribution in [0.15, 0.2) is 54.1 Å².